The van der Waals surface area contributed by atoms with Crippen molar-refractivity contribution in [3.8, 4) is 17.1 Å². The Labute approximate surface area is 369 Å². The first-order valence-electron chi connectivity index (χ1n) is 21.1. The summed E-state index contributed by atoms with van der Waals surface area (Å²) in [6, 6.07) is 47.7. The molecule has 0 fully saturated rings. The molecule has 0 aliphatic rings. The number of aromatic nitrogens is 5. The van der Waals surface area contributed by atoms with Crippen LogP contribution in [0.1, 0.15) is 101 Å². The van der Waals surface area contributed by atoms with Gasteiger partial charge >= 0.3 is 0 Å². The zero-order valence-corrected chi connectivity index (χ0v) is 37.9. The van der Waals surface area contributed by atoms with E-state index in [9.17, 15) is 0 Å². The van der Waals surface area contributed by atoms with Gasteiger partial charge in [-0.3, -0.25) is 14.1 Å². The molecule has 0 aliphatic carbocycles. The molecule has 10 aromatic rings. The van der Waals surface area contributed by atoms with Gasteiger partial charge in [0.2, 0.25) is 0 Å². The van der Waals surface area contributed by atoms with Crippen LogP contribution in [0, 0.1) is 6.33 Å². The summed E-state index contributed by atoms with van der Waals surface area (Å²) in [6.45, 7) is 18.2. The summed E-state index contributed by atoms with van der Waals surface area (Å²) in [7, 11) is 0. The van der Waals surface area contributed by atoms with Crippen LogP contribution in [0.3, 0.4) is 0 Å². The van der Waals surface area contributed by atoms with Gasteiger partial charge in [0.25, 0.3) is 6.33 Å². The summed E-state index contributed by atoms with van der Waals surface area (Å²) in [5.74, 6) is 1.63. The van der Waals surface area contributed by atoms with Crippen molar-refractivity contribution in [2.45, 2.75) is 79.1 Å². The summed E-state index contributed by atoms with van der Waals surface area (Å²) >= 11 is 0. The van der Waals surface area contributed by atoms with Crippen molar-refractivity contribution in [1.82, 2.24) is 19.1 Å². The SMILES string of the molecule is CC(C)c1cccc(C(C)C)c1-n1[c-][n+](-c2c(C(C)C)cccc2C(C)C)c2cnccc21.[Au].c1ccc2c(c1)[n-]c1ccc(-n3c4ccccc4c4ccccc43)cc12. The first-order valence-corrected chi connectivity index (χ1v) is 21.1. The third-order valence-corrected chi connectivity index (χ3v) is 11.8. The predicted molar refractivity (Wildman–Crippen MR) is 247 cm³/mol. The molecule has 1 radical (unpaired) electrons. The molecule has 6 aromatic carbocycles. The van der Waals surface area contributed by atoms with E-state index in [1.54, 1.807) is 0 Å². The molecule has 6 heteroatoms. The minimum atomic E-state index is 0. The fraction of sp³-hybridized carbons (Fsp3) is 0.222. The van der Waals surface area contributed by atoms with Gasteiger partial charge in [0.05, 0.1) is 33.4 Å². The Bertz CT molecular complexity index is 2940. The summed E-state index contributed by atoms with van der Waals surface area (Å²) < 4.78 is 6.89. The second-order valence-corrected chi connectivity index (χ2v) is 17.0. The molecule has 0 bridgehead atoms. The van der Waals surface area contributed by atoms with Crippen LogP contribution >= 0.6 is 0 Å². The summed E-state index contributed by atoms with van der Waals surface area (Å²) in [4.78, 5) is 9.27. The number of hydrogen-bond donors (Lipinski definition) is 0. The molecule has 10 rings (SSSR count). The molecule has 0 saturated carbocycles. The van der Waals surface area contributed by atoms with Crippen LogP contribution in [0.15, 0.2) is 146 Å². The third kappa shape index (κ3) is 7.09. The quantitative estimate of drug-likeness (QED) is 0.0907. The van der Waals surface area contributed by atoms with Crippen LogP contribution in [0.5, 0.6) is 0 Å². The first-order chi connectivity index (χ1) is 28.6. The number of nitrogens with zero attached hydrogens (tertiary/aromatic N) is 5. The van der Waals surface area contributed by atoms with Gasteiger partial charge in [-0.05, 0) is 87.0 Å². The molecule has 4 heterocycles. The zero-order valence-electron chi connectivity index (χ0n) is 35.7. The fourth-order valence-corrected chi connectivity index (χ4v) is 8.93. The van der Waals surface area contributed by atoms with Crippen molar-refractivity contribution < 1.29 is 26.9 Å². The molecule has 305 valence electrons. The van der Waals surface area contributed by atoms with Crippen molar-refractivity contribution in [1.29, 1.82) is 0 Å². The Morgan fingerprint density at radius 1 is 0.517 bits per heavy atom. The van der Waals surface area contributed by atoms with Crippen LogP contribution in [-0.4, -0.2) is 14.1 Å². The average Bonchev–Trinajstić information content (AvgIpc) is 3.93. The van der Waals surface area contributed by atoms with E-state index in [2.05, 4.69) is 208 Å². The van der Waals surface area contributed by atoms with Gasteiger partial charge in [0, 0.05) is 51.2 Å². The van der Waals surface area contributed by atoms with Crippen LogP contribution in [0.2, 0.25) is 0 Å². The fourth-order valence-electron chi connectivity index (χ4n) is 8.93. The van der Waals surface area contributed by atoms with Crippen LogP contribution < -0.4 is 9.55 Å². The van der Waals surface area contributed by atoms with Gasteiger partial charge in [-0.25, -0.2) is 0 Å². The molecule has 0 amide bonds. The minimum Gasteiger partial charge on any atom is -0.657 e. The van der Waals surface area contributed by atoms with E-state index in [1.165, 1.54) is 71.9 Å². The van der Waals surface area contributed by atoms with Crippen molar-refractivity contribution in [2.75, 3.05) is 0 Å². The second kappa shape index (κ2) is 16.7. The molecule has 0 unspecified atom stereocenters. The van der Waals surface area contributed by atoms with Gasteiger partial charge in [-0.15, -0.1) is 11.0 Å². The number of fused-ring (bicyclic) bond motifs is 7. The van der Waals surface area contributed by atoms with E-state index in [4.69, 9.17) is 4.98 Å². The predicted octanol–water partition coefficient (Wildman–Crippen LogP) is 13.6. The topological polar surface area (TPSA) is 40.7 Å². The Balaban J connectivity index is 0.000000167. The first kappa shape index (κ1) is 41.0. The Hall–Kier alpha value is -5.72. The molecular formula is C54H52AuN5-. The number of pyridine rings is 1. The monoisotopic (exact) mass is 967 g/mol. The van der Waals surface area contributed by atoms with E-state index in [-0.39, 0.29) is 22.4 Å². The summed E-state index contributed by atoms with van der Waals surface area (Å²) in [5, 5.41) is 4.99. The largest absolute Gasteiger partial charge is 0.657 e. The average molecular weight is 968 g/mol. The maximum atomic E-state index is 4.75. The van der Waals surface area contributed by atoms with Gasteiger partial charge in [-0.2, -0.15) is 0 Å². The molecule has 60 heavy (non-hydrogen) atoms. The molecule has 4 aromatic heterocycles. The number of rotatable bonds is 7. The molecule has 0 atom stereocenters. The van der Waals surface area contributed by atoms with Gasteiger partial charge in [-0.1, -0.05) is 159 Å². The van der Waals surface area contributed by atoms with Gasteiger partial charge < -0.3 is 9.55 Å². The number of para-hydroxylation sites is 5. The minimum absolute atomic E-state index is 0. The summed E-state index contributed by atoms with van der Waals surface area (Å²) in [6.07, 6.45) is 7.67. The van der Waals surface area contributed by atoms with Crippen molar-refractivity contribution in [3.63, 3.8) is 0 Å². The van der Waals surface area contributed by atoms with E-state index >= 15 is 0 Å². The number of imidazole rings is 1. The number of hydrogen-bond acceptors (Lipinski definition) is 1. The van der Waals surface area contributed by atoms with Crippen molar-refractivity contribution >= 4 is 54.6 Å². The van der Waals surface area contributed by atoms with E-state index < -0.39 is 0 Å². The van der Waals surface area contributed by atoms with Crippen molar-refractivity contribution in [3.05, 3.63) is 174 Å². The van der Waals surface area contributed by atoms with Gasteiger partial charge in [0.15, 0.2) is 0 Å². The van der Waals surface area contributed by atoms with Crippen LogP contribution in [0.25, 0.3) is 71.7 Å². The third-order valence-electron chi connectivity index (χ3n) is 11.8. The summed E-state index contributed by atoms with van der Waals surface area (Å²) in [5.41, 5.74) is 15.8. The molecule has 0 aliphatic heterocycles. The zero-order chi connectivity index (χ0) is 40.9. The van der Waals surface area contributed by atoms with E-state index in [0.717, 1.165) is 22.1 Å². The maximum absolute atomic E-state index is 4.75. The smallest absolute Gasteiger partial charge is 0.269 e. The van der Waals surface area contributed by atoms with E-state index in [0.29, 0.717) is 23.7 Å². The van der Waals surface area contributed by atoms with Crippen molar-refractivity contribution in [2.24, 2.45) is 0 Å². The Kier molecular flexibility index (Phi) is 11.4. The number of benzene rings is 6. The van der Waals surface area contributed by atoms with Crippen LogP contribution in [-0.2, 0) is 22.4 Å². The standard InChI is InChI=1S/C30H37N3.C24H15N2.Au/c1-19(2)23-11-9-12-24(20(3)4)29(23)32-18-33(28-17-31-16-15-27(28)32)30-25(21(5)6)13-10-14-26(30)22(7)8;1-4-10-21-17(7-1)20-15-16(13-14-22(20)25-21)26-23-11-5-2-8-18(23)19-9-3-6-12-24(19)26;/h9-17,19-22H,1-8H3;1-15H;/q;-1;. The molecule has 0 saturated heterocycles. The van der Waals surface area contributed by atoms with Gasteiger partial charge in [0.1, 0.15) is 0 Å². The Morgan fingerprint density at radius 2 is 1.03 bits per heavy atom. The van der Waals surface area contributed by atoms with E-state index in [1.807, 2.05) is 18.5 Å². The van der Waals surface area contributed by atoms with Crippen LogP contribution in [0.4, 0.5) is 0 Å². The Morgan fingerprint density at radius 3 is 1.62 bits per heavy atom. The molecule has 5 nitrogen and oxygen atoms in total. The maximum Gasteiger partial charge on any atom is 0.269 e. The molecule has 0 N–H and O–H groups in total. The second-order valence-electron chi connectivity index (χ2n) is 17.0. The molecule has 0 spiro atoms. The normalized spacial score (nSPS) is 11.8. The molecular weight excluding hydrogens is 916 g/mol.